The van der Waals surface area contributed by atoms with E-state index in [0.717, 1.165) is 24.0 Å². The molecule has 0 amide bonds. The number of rotatable bonds is 6. The number of hydrogen-bond acceptors (Lipinski definition) is 2. The quantitative estimate of drug-likeness (QED) is 0.853. The van der Waals surface area contributed by atoms with Gasteiger partial charge in [-0.15, -0.1) is 0 Å². The first-order valence-electron chi connectivity index (χ1n) is 6.81. The number of carboxylic acids is 1. The van der Waals surface area contributed by atoms with Crippen LogP contribution in [-0.2, 0) is 15.1 Å². The first-order chi connectivity index (χ1) is 8.94. The Bertz CT molecular complexity index is 461. The summed E-state index contributed by atoms with van der Waals surface area (Å²) in [5.41, 5.74) is 1.89. The first-order valence-corrected chi connectivity index (χ1v) is 6.81. The molecule has 1 aliphatic carbocycles. The van der Waals surface area contributed by atoms with Crippen molar-refractivity contribution in [1.29, 1.82) is 0 Å². The minimum atomic E-state index is -0.715. The molecule has 2 rings (SSSR count). The van der Waals surface area contributed by atoms with Gasteiger partial charge in [-0.1, -0.05) is 24.3 Å². The number of ether oxygens (including phenoxy) is 1. The minimum absolute atomic E-state index is 0.144. The van der Waals surface area contributed by atoms with Crippen molar-refractivity contribution in [3.8, 4) is 0 Å². The molecular formula is C16H22O3. The third-order valence-corrected chi connectivity index (χ3v) is 4.11. The molecule has 0 aromatic heterocycles. The highest BCUT2D eigenvalue weighted by Crippen LogP contribution is 2.45. The Morgan fingerprint density at radius 1 is 1.47 bits per heavy atom. The van der Waals surface area contributed by atoms with Crippen LogP contribution in [-0.4, -0.2) is 18.2 Å². The van der Waals surface area contributed by atoms with Crippen LogP contribution < -0.4 is 0 Å². The van der Waals surface area contributed by atoms with E-state index in [9.17, 15) is 4.79 Å². The monoisotopic (exact) mass is 262 g/mol. The van der Waals surface area contributed by atoms with Crippen LogP contribution in [0.25, 0.3) is 0 Å². The second-order valence-corrected chi connectivity index (χ2v) is 5.88. The van der Waals surface area contributed by atoms with Gasteiger partial charge in [0.05, 0.1) is 12.0 Å². The molecule has 3 nitrogen and oxygen atoms in total. The molecule has 1 N–H and O–H groups in total. The summed E-state index contributed by atoms with van der Waals surface area (Å²) in [5, 5.41) is 9.07. The molecular weight excluding hydrogens is 240 g/mol. The second kappa shape index (κ2) is 5.33. The number of carboxylic acid groups (broad SMARTS) is 1. The Morgan fingerprint density at radius 3 is 2.68 bits per heavy atom. The molecule has 1 saturated carbocycles. The van der Waals surface area contributed by atoms with E-state index in [4.69, 9.17) is 9.84 Å². The number of aliphatic carboxylic acids is 1. The topological polar surface area (TPSA) is 46.5 Å². The zero-order valence-electron chi connectivity index (χ0n) is 11.8. The van der Waals surface area contributed by atoms with Crippen molar-refractivity contribution in [3.63, 3.8) is 0 Å². The molecule has 104 valence electrons. The summed E-state index contributed by atoms with van der Waals surface area (Å²) in [4.78, 5) is 11.0. The van der Waals surface area contributed by atoms with Gasteiger partial charge in [0.25, 0.3) is 0 Å². The number of benzene rings is 1. The van der Waals surface area contributed by atoms with Gasteiger partial charge in [-0.05, 0) is 49.7 Å². The maximum atomic E-state index is 11.0. The smallest absolute Gasteiger partial charge is 0.303 e. The zero-order chi connectivity index (χ0) is 14.0. The van der Waals surface area contributed by atoms with E-state index in [1.54, 1.807) is 7.11 Å². The summed E-state index contributed by atoms with van der Waals surface area (Å²) in [6.07, 6.45) is 2.52. The number of hydrogen-bond donors (Lipinski definition) is 1. The average Bonchev–Trinajstić information content (AvgIpc) is 3.20. The van der Waals surface area contributed by atoms with Gasteiger partial charge in [0.1, 0.15) is 0 Å². The van der Waals surface area contributed by atoms with Crippen LogP contribution >= 0.6 is 0 Å². The lowest BCUT2D eigenvalue weighted by Gasteiger charge is -2.25. The highest BCUT2D eigenvalue weighted by molar-refractivity contribution is 5.68. The summed E-state index contributed by atoms with van der Waals surface area (Å²) >= 11 is 0. The van der Waals surface area contributed by atoms with Gasteiger partial charge >= 0.3 is 5.97 Å². The van der Waals surface area contributed by atoms with Crippen molar-refractivity contribution in [3.05, 3.63) is 35.4 Å². The molecule has 1 atom stereocenters. The summed E-state index contributed by atoms with van der Waals surface area (Å²) in [6, 6.07) is 8.19. The van der Waals surface area contributed by atoms with Gasteiger partial charge in [-0.25, -0.2) is 0 Å². The molecule has 0 radical (unpaired) electrons. The first kappa shape index (κ1) is 14.1. The third-order valence-electron chi connectivity index (χ3n) is 4.11. The Labute approximate surface area is 114 Å². The standard InChI is InChI=1S/C16H22O3/c1-16(2,19-3)13-6-4-5-12(9-13)14(10-15(17)18)11-7-8-11/h4-6,9,11,14H,7-8,10H2,1-3H3,(H,17,18). The Hall–Kier alpha value is -1.35. The Balaban J connectivity index is 2.28. The van der Waals surface area contributed by atoms with Gasteiger partial charge in [-0.3, -0.25) is 4.79 Å². The number of methoxy groups -OCH3 is 1. The zero-order valence-corrected chi connectivity index (χ0v) is 11.8. The Kier molecular flexibility index (Phi) is 3.95. The highest BCUT2D eigenvalue weighted by atomic mass is 16.5. The Morgan fingerprint density at radius 2 is 2.16 bits per heavy atom. The summed E-state index contributed by atoms with van der Waals surface area (Å²) < 4.78 is 5.50. The van der Waals surface area contributed by atoms with Crippen LogP contribution in [0.1, 0.15) is 50.2 Å². The molecule has 0 heterocycles. The van der Waals surface area contributed by atoms with Crippen LogP contribution in [0.2, 0.25) is 0 Å². The van der Waals surface area contributed by atoms with Crippen molar-refractivity contribution in [1.82, 2.24) is 0 Å². The lowest BCUT2D eigenvalue weighted by molar-refractivity contribution is -0.137. The predicted octanol–water partition coefficient (Wildman–Crippen LogP) is 3.54. The lowest BCUT2D eigenvalue weighted by Crippen LogP contribution is -2.20. The maximum absolute atomic E-state index is 11.0. The second-order valence-electron chi connectivity index (χ2n) is 5.88. The van der Waals surface area contributed by atoms with E-state index in [1.807, 2.05) is 32.0 Å². The van der Waals surface area contributed by atoms with Crippen LogP contribution in [0, 0.1) is 5.92 Å². The van der Waals surface area contributed by atoms with Crippen LogP contribution in [0.15, 0.2) is 24.3 Å². The number of carbonyl (C=O) groups is 1. The van der Waals surface area contributed by atoms with Crippen molar-refractivity contribution < 1.29 is 14.6 Å². The van der Waals surface area contributed by atoms with Gasteiger partial charge in [0, 0.05) is 7.11 Å². The molecule has 3 heteroatoms. The molecule has 19 heavy (non-hydrogen) atoms. The van der Waals surface area contributed by atoms with Gasteiger partial charge in [-0.2, -0.15) is 0 Å². The van der Waals surface area contributed by atoms with Gasteiger partial charge < -0.3 is 9.84 Å². The minimum Gasteiger partial charge on any atom is -0.481 e. The SMILES string of the molecule is COC(C)(C)c1cccc(C(CC(=O)O)C2CC2)c1. The van der Waals surface area contributed by atoms with E-state index < -0.39 is 5.97 Å². The van der Waals surface area contributed by atoms with E-state index in [0.29, 0.717) is 5.92 Å². The van der Waals surface area contributed by atoms with E-state index in [1.165, 1.54) is 0 Å². The lowest BCUT2D eigenvalue weighted by atomic mass is 9.87. The molecule has 1 unspecified atom stereocenters. The van der Waals surface area contributed by atoms with Crippen molar-refractivity contribution in [2.24, 2.45) is 5.92 Å². The molecule has 0 saturated heterocycles. The van der Waals surface area contributed by atoms with E-state index >= 15 is 0 Å². The molecule has 1 fully saturated rings. The molecule has 0 spiro atoms. The van der Waals surface area contributed by atoms with Crippen molar-refractivity contribution >= 4 is 5.97 Å². The maximum Gasteiger partial charge on any atom is 0.303 e. The van der Waals surface area contributed by atoms with Crippen molar-refractivity contribution in [2.75, 3.05) is 7.11 Å². The average molecular weight is 262 g/mol. The fourth-order valence-corrected chi connectivity index (χ4v) is 2.51. The van der Waals surface area contributed by atoms with Crippen LogP contribution in [0.3, 0.4) is 0 Å². The van der Waals surface area contributed by atoms with Crippen molar-refractivity contribution in [2.45, 2.75) is 44.6 Å². The summed E-state index contributed by atoms with van der Waals surface area (Å²) in [7, 11) is 1.70. The summed E-state index contributed by atoms with van der Waals surface area (Å²) in [5.74, 6) is -0.0320. The van der Waals surface area contributed by atoms with Crippen LogP contribution in [0.4, 0.5) is 0 Å². The molecule has 0 aliphatic heterocycles. The fourth-order valence-electron chi connectivity index (χ4n) is 2.51. The van der Waals surface area contributed by atoms with Gasteiger partial charge in [0.15, 0.2) is 0 Å². The molecule has 0 bridgehead atoms. The van der Waals surface area contributed by atoms with E-state index in [-0.39, 0.29) is 17.9 Å². The van der Waals surface area contributed by atoms with E-state index in [2.05, 4.69) is 6.07 Å². The summed E-state index contributed by atoms with van der Waals surface area (Å²) in [6.45, 7) is 4.05. The normalized spacial score (nSPS) is 17.2. The molecule has 1 aromatic rings. The third kappa shape index (κ3) is 3.35. The van der Waals surface area contributed by atoms with Gasteiger partial charge in [0.2, 0.25) is 0 Å². The molecule has 1 aromatic carbocycles. The highest BCUT2D eigenvalue weighted by Gasteiger charge is 2.34. The largest absolute Gasteiger partial charge is 0.481 e. The predicted molar refractivity (Wildman–Crippen MR) is 74.2 cm³/mol. The fraction of sp³-hybridized carbons (Fsp3) is 0.562. The molecule has 1 aliphatic rings. The van der Waals surface area contributed by atoms with Crippen LogP contribution in [0.5, 0.6) is 0 Å².